The first kappa shape index (κ1) is 14.1. The monoisotopic (exact) mass is 273 g/mol. The summed E-state index contributed by atoms with van der Waals surface area (Å²) in [5.41, 5.74) is 1.84. The Hall–Kier alpha value is -2.30. The maximum absolute atomic E-state index is 10.9. The first-order valence-electron chi connectivity index (χ1n) is 6.81. The molecule has 5 nitrogen and oxygen atoms in total. The van der Waals surface area contributed by atoms with Crippen molar-refractivity contribution in [1.82, 2.24) is 15.3 Å². The molecule has 0 aliphatic heterocycles. The van der Waals surface area contributed by atoms with Crippen molar-refractivity contribution in [3.8, 4) is 11.3 Å². The van der Waals surface area contributed by atoms with E-state index in [0.29, 0.717) is 5.82 Å². The average molecular weight is 273 g/mol. The minimum Gasteiger partial charge on any atom is -0.465 e. The predicted molar refractivity (Wildman–Crippen MR) is 77.5 cm³/mol. The average Bonchev–Trinajstić information content (AvgIpc) is 2.94. The number of imidazole rings is 1. The number of H-pyrrole nitrogens is 1. The lowest BCUT2D eigenvalue weighted by molar-refractivity contribution is 0.188. The van der Waals surface area contributed by atoms with Crippen molar-refractivity contribution >= 4 is 6.09 Å². The van der Waals surface area contributed by atoms with Gasteiger partial charge in [-0.1, -0.05) is 50.1 Å². The van der Waals surface area contributed by atoms with Crippen LogP contribution >= 0.6 is 0 Å². The van der Waals surface area contributed by atoms with E-state index in [1.807, 2.05) is 36.5 Å². The van der Waals surface area contributed by atoms with Gasteiger partial charge in [0, 0.05) is 11.8 Å². The van der Waals surface area contributed by atoms with Gasteiger partial charge < -0.3 is 15.4 Å². The van der Waals surface area contributed by atoms with E-state index < -0.39 is 6.09 Å². The van der Waals surface area contributed by atoms with Gasteiger partial charge in [-0.2, -0.15) is 0 Å². The molecule has 2 aromatic rings. The molecule has 20 heavy (non-hydrogen) atoms. The summed E-state index contributed by atoms with van der Waals surface area (Å²) in [5, 5.41) is 11.4. The molecule has 1 aromatic heterocycles. The molecular weight excluding hydrogens is 254 g/mol. The smallest absolute Gasteiger partial charge is 0.405 e. The van der Waals surface area contributed by atoms with E-state index in [-0.39, 0.29) is 6.04 Å². The second-order valence-corrected chi connectivity index (χ2v) is 4.68. The van der Waals surface area contributed by atoms with E-state index in [1.165, 1.54) is 0 Å². The van der Waals surface area contributed by atoms with Crippen molar-refractivity contribution in [2.24, 2.45) is 0 Å². The van der Waals surface area contributed by atoms with Crippen LogP contribution in [0.1, 0.15) is 38.1 Å². The van der Waals surface area contributed by atoms with E-state index in [0.717, 1.165) is 30.5 Å². The Morgan fingerprint density at radius 2 is 2.15 bits per heavy atom. The Morgan fingerprint density at radius 1 is 1.40 bits per heavy atom. The molecule has 2 rings (SSSR count). The number of nitrogens with zero attached hydrogens (tertiary/aromatic N) is 1. The number of hydrogen-bond donors (Lipinski definition) is 3. The van der Waals surface area contributed by atoms with Crippen LogP contribution in [0.2, 0.25) is 0 Å². The molecule has 3 N–H and O–H groups in total. The van der Waals surface area contributed by atoms with E-state index in [4.69, 9.17) is 5.11 Å². The van der Waals surface area contributed by atoms with Gasteiger partial charge in [-0.05, 0) is 6.42 Å². The maximum atomic E-state index is 10.9. The highest BCUT2D eigenvalue weighted by atomic mass is 16.4. The lowest BCUT2D eigenvalue weighted by Crippen LogP contribution is -2.27. The van der Waals surface area contributed by atoms with Crippen molar-refractivity contribution in [2.45, 2.75) is 32.2 Å². The lowest BCUT2D eigenvalue weighted by Gasteiger charge is -2.13. The van der Waals surface area contributed by atoms with E-state index >= 15 is 0 Å². The molecule has 0 aliphatic carbocycles. The molecule has 1 amide bonds. The van der Waals surface area contributed by atoms with Gasteiger partial charge in [0.2, 0.25) is 0 Å². The molecule has 0 fully saturated rings. The van der Waals surface area contributed by atoms with E-state index in [9.17, 15) is 4.79 Å². The van der Waals surface area contributed by atoms with Gasteiger partial charge >= 0.3 is 6.09 Å². The molecule has 0 radical (unpaired) electrons. The quantitative estimate of drug-likeness (QED) is 0.752. The number of carbonyl (C=O) groups is 1. The molecule has 1 heterocycles. The van der Waals surface area contributed by atoms with Crippen LogP contribution in [0.25, 0.3) is 11.3 Å². The number of carboxylic acid groups (broad SMARTS) is 1. The number of amides is 1. The minimum atomic E-state index is -1.02. The summed E-state index contributed by atoms with van der Waals surface area (Å²) in [7, 11) is 0. The fraction of sp³-hybridized carbons (Fsp3) is 0.333. The Kier molecular flexibility index (Phi) is 4.76. The summed E-state index contributed by atoms with van der Waals surface area (Å²) in [4.78, 5) is 18.5. The van der Waals surface area contributed by atoms with Crippen molar-refractivity contribution in [1.29, 1.82) is 0 Å². The highest BCUT2D eigenvalue weighted by Gasteiger charge is 2.17. The molecule has 1 atom stereocenters. The molecule has 0 bridgehead atoms. The van der Waals surface area contributed by atoms with Crippen LogP contribution in [0, 0.1) is 0 Å². The van der Waals surface area contributed by atoms with Crippen molar-refractivity contribution in [3.63, 3.8) is 0 Å². The number of aromatic amines is 1. The summed E-state index contributed by atoms with van der Waals surface area (Å²) in [5.74, 6) is 0.666. The number of unbranched alkanes of at least 4 members (excludes halogenated alkanes) is 1. The van der Waals surface area contributed by atoms with Gasteiger partial charge in [0.15, 0.2) is 0 Å². The summed E-state index contributed by atoms with van der Waals surface area (Å²) >= 11 is 0. The highest BCUT2D eigenvalue weighted by Crippen LogP contribution is 2.21. The summed E-state index contributed by atoms with van der Waals surface area (Å²) in [6.45, 7) is 2.08. The fourth-order valence-electron chi connectivity index (χ4n) is 2.11. The van der Waals surface area contributed by atoms with Crippen molar-refractivity contribution in [2.75, 3.05) is 0 Å². The van der Waals surface area contributed by atoms with E-state index in [1.54, 1.807) is 0 Å². The fourth-order valence-corrected chi connectivity index (χ4v) is 2.11. The molecular formula is C15H19N3O2. The zero-order valence-corrected chi connectivity index (χ0v) is 11.5. The van der Waals surface area contributed by atoms with Gasteiger partial charge in [0.05, 0.1) is 11.7 Å². The zero-order chi connectivity index (χ0) is 14.4. The molecule has 5 heteroatoms. The van der Waals surface area contributed by atoms with E-state index in [2.05, 4.69) is 22.2 Å². The summed E-state index contributed by atoms with van der Waals surface area (Å²) in [6, 6.07) is 9.52. The number of hydrogen-bond acceptors (Lipinski definition) is 2. The lowest BCUT2D eigenvalue weighted by atomic mass is 10.1. The molecule has 0 saturated carbocycles. The van der Waals surface area contributed by atoms with Crippen LogP contribution < -0.4 is 5.32 Å². The van der Waals surface area contributed by atoms with Gasteiger partial charge in [0.25, 0.3) is 0 Å². The number of benzene rings is 1. The van der Waals surface area contributed by atoms with Crippen LogP contribution in [-0.2, 0) is 0 Å². The second-order valence-electron chi connectivity index (χ2n) is 4.68. The Balaban J connectivity index is 2.17. The summed E-state index contributed by atoms with van der Waals surface area (Å²) in [6.07, 6.45) is 3.50. The van der Waals surface area contributed by atoms with Crippen LogP contribution in [0.4, 0.5) is 4.79 Å². The first-order valence-corrected chi connectivity index (χ1v) is 6.81. The Morgan fingerprint density at radius 3 is 2.80 bits per heavy atom. The third-order valence-corrected chi connectivity index (χ3v) is 3.14. The molecule has 1 aromatic carbocycles. The largest absolute Gasteiger partial charge is 0.465 e. The predicted octanol–water partition coefficient (Wildman–Crippen LogP) is 3.58. The van der Waals surface area contributed by atoms with Crippen LogP contribution in [0.5, 0.6) is 0 Å². The topological polar surface area (TPSA) is 78.0 Å². The third kappa shape index (κ3) is 3.60. The molecule has 0 saturated heterocycles. The number of rotatable bonds is 6. The van der Waals surface area contributed by atoms with Crippen LogP contribution in [0.3, 0.4) is 0 Å². The highest BCUT2D eigenvalue weighted by molar-refractivity contribution is 5.65. The Bertz CT molecular complexity index is 551. The molecule has 1 unspecified atom stereocenters. The van der Waals surface area contributed by atoms with Crippen LogP contribution in [-0.4, -0.2) is 21.2 Å². The zero-order valence-electron chi connectivity index (χ0n) is 11.5. The van der Waals surface area contributed by atoms with Gasteiger partial charge in [-0.15, -0.1) is 0 Å². The van der Waals surface area contributed by atoms with Crippen molar-refractivity contribution in [3.05, 3.63) is 42.4 Å². The molecule has 106 valence electrons. The number of aromatic nitrogens is 2. The third-order valence-electron chi connectivity index (χ3n) is 3.14. The second kappa shape index (κ2) is 6.75. The first-order chi connectivity index (χ1) is 9.70. The van der Waals surface area contributed by atoms with Crippen molar-refractivity contribution < 1.29 is 9.90 Å². The van der Waals surface area contributed by atoms with Crippen LogP contribution in [0.15, 0.2) is 36.5 Å². The van der Waals surface area contributed by atoms with Gasteiger partial charge in [0.1, 0.15) is 5.82 Å². The maximum Gasteiger partial charge on any atom is 0.405 e. The minimum absolute atomic E-state index is 0.287. The Labute approximate surface area is 118 Å². The SMILES string of the molecule is CCCCC(NC(=O)O)c1nc(-c2ccccc2)c[nH]1. The van der Waals surface area contributed by atoms with Gasteiger partial charge in [-0.25, -0.2) is 9.78 Å². The molecule has 0 aliphatic rings. The van der Waals surface area contributed by atoms with Gasteiger partial charge in [-0.3, -0.25) is 0 Å². The molecule has 0 spiro atoms. The normalized spacial score (nSPS) is 12.1. The standard InChI is InChI=1S/C15H19N3O2/c1-2-3-9-12(18-15(19)20)14-16-10-13(17-14)11-7-5-4-6-8-11/h4-8,10,12,18H,2-3,9H2,1H3,(H,16,17)(H,19,20). The summed E-state index contributed by atoms with van der Waals surface area (Å²) < 4.78 is 0. The number of nitrogens with one attached hydrogen (secondary N) is 2.